The van der Waals surface area contributed by atoms with Crippen molar-refractivity contribution in [2.75, 3.05) is 0 Å². The van der Waals surface area contributed by atoms with E-state index in [4.69, 9.17) is 21.8 Å². The Hall–Kier alpha value is -1.89. The number of nitrogens with zero attached hydrogens (tertiary/aromatic N) is 5. The summed E-state index contributed by atoms with van der Waals surface area (Å²) in [5, 5.41) is 13.8. The minimum absolute atomic E-state index is 0. The number of rotatable bonds is 7. The zero-order valence-corrected chi connectivity index (χ0v) is 24.3. The second kappa shape index (κ2) is 12.1. The minimum Gasteiger partial charge on any atom is -0.756 e. The fourth-order valence-electron chi connectivity index (χ4n) is 3.77. The third-order valence-electron chi connectivity index (χ3n) is 5.29. The second-order valence-corrected chi connectivity index (χ2v) is 9.45. The van der Waals surface area contributed by atoms with Crippen LogP contribution >= 0.6 is 19.4 Å². The van der Waals surface area contributed by atoms with Gasteiger partial charge < -0.3 is 14.4 Å². The number of fused-ring (bicyclic) bond motifs is 1. The summed E-state index contributed by atoms with van der Waals surface area (Å²) in [7, 11) is -5.08. The van der Waals surface area contributed by atoms with Gasteiger partial charge in [-0.05, 0) is 42.0 Å². The van der Waals surface area contributed by atoms with Gasteiger partial charge in [-0.25, -0.2) is 9.67 Å². The topological polar surface area (TPSA) is 146 Å². The SMILES string of the molecule is N#Cc1cc(Cl)cc(Cc2c(C(F)(F)F)ccn(Cc3nn(COP(=O)([O-])O)c4ncccc34)c2=O)c1.[K+]. The zero-order chi connectivity index (χ0) is 27.0. The first-order chi connectivity index (χ1) is 17.4. The summed E-state index contributed by atoms with van der Waals surface area (Å²) in [5.74, 6) is 0. The molecule has 0 aliphatic rings. The predicted octanol–water partition coefficient (Wildman–Crippen LogP) is 0.215. The first kappa shape index (κ1) is 30.6. The van der Waals surface area contributed by atoms with E-state index in [1.807, 2.05) is 6.07 Å². The van der Waals surface area contributed by atoms with Crippen LogP contribution in [-0.2, 0) is 35.0 Å². The Kier molecular flexibility index (Phi) is 9.75. The van der Waals surface area contributed by atoms with Crippen LogP contribution in [0.3, 0.4) is 0 Å². The summed E-state index contributed by atoms with van der Waals surface area (Å²) in [6, 6.07) is 9.83. The Morgan fingerprint density at radius 3 is 2.66 bits per heavy atom. The summed E-state index contributed by atoms with van der Waals surface area (Å²) in [4.78, 5) is 37.2. The van der Waals surface area contributed by atoms with Crippen LogP contribution in [0.15, 0.2) is 53.6 Å². The van der Waals surface area contributed by atoms with Gasteiger partial charge in [0.1, 0.15) is 6.73 Å². The smallest absolute Gasteiger partial charge is 0.756 e. The molecule has 1 atom stereocenters. The number of halogens is 4. The van der Waals surface area contributed by atoms with Crippen LogP contribution in [0.4, 0.5) is 13.2 Å². The molecule has 1 N–H and O–H groups in total. The number of nitriles is 1. The first-order valence-corrected chi connectivity index (χ1v) is 12.2. The average molecular weight is 592 g/mol. The molecular formula is C22H15ClF3KN5O5P. The van der Waals surface area contributed by atoms with Crippen LogP contribution in [0.5, 0.6) is 0 Å². The van der Waals surface area contributed by atoms with Gasteiger partial charge >= 0.3 is 57.6 Å². The van der Waals surface area contributed by atoms with Crippen LogP contribution in [-0.4, -0.2) is 24.2 Å². The third-order valence-corrected chi connectivity index (χ3v) is 5.95. The van der Waals surface area contributed by atoms with Crippen LogP contribution in [0.25, 0.3) is 11.0 Å². The van der Waals surface area contributed by atoms with E-state index in [0.717, 1.165) is 21.5 Å². The van der Waals surface area contributed by atoms with Crippen molar-refractivity contribution in [1.82, 2.24) is 19.3 Å². The van der Waals surface area contributed by atoms with Gasteiger partial charge in [-0.15, -0.1) is 0 Å². The van der Waals surface area contributed by atoms with Gasteiger partial charge in [-0.2, -0.15) is 23.5 Å². The standard InChI is InChI=1S/C22H16ClF3N5O5P.K/c23-15-7-13(6-14(8-15)10-27)9-17-18(22(24,25)26)3-5-30(21(17)32)11-19-16-2-1-4-28-20(16)31(29-19)12-36-37(33,34)35;/h1-8H,9,11-12H2,(H2,33,34,35);/q;+1/p-1. The maximum absolute atomic E-state index is 13.8. The van der Waals surface area contributed by atoms with Crippen molar-refractivity contribution in [3.8, 4) is 6.07 Å². The van der Waals surface area contributed by atoms with Crippen molar-refractivity contribution >= 4 is 30.5 Å². The Labute approximate surface area is 260 Å². The second-order valence-electron chi connectivity index (χ2n) is 7.82. The molecule has 0 amide bonds. The molecule has 10 nitrogen and oxygen atoms in total. The number of pyridine rings is 2. The summed E-state index contributed by atoms with van der Waals surface area (Å²) < 4.78 is 58.7. The van der Waals surface area contributed by atoms with Crippen molar-refractivity contribution in [1.29, 1.82) is 5.26 Å². The monoisotopic (exact) mass is 591 g/mol. The van der Waals surface area contributed by atoms with Crippen molar-refractivity contribution in [3.05, 3.63) is 92.1 Å². The van der Waals surface area contributed by atoms with E-state index in [0.29, 0.717) is 5.39 Å². The predicted molar refractivity (Wildman–Crippen MR) is 122 cm³/mol. The van der Waals surface area contributed by atoms with Crippen molar-refractivity contribution < 1.29 is 83.4 Å². The van der Waals surface area contributed by atoms with Gasteiger partial charge in [0.05, 0.1) is 29.4 Å². The normalized spacial score (nSPS) is 13.1. The molecule has 0 saturated carbocycles. The fourth-order valence-corrected chi connectivity index (χ4v) is 4.29. The van der Waals surface area contributed by atoms with Gasteiger partial charge in [0.15, 0.2) is 5.65 Å². The number of benzene rings is 1. The van der Waals surface area contributed by atoms with Crippen molar-refractivity contribution in [2.45, 2.75) is 25.9 Å². The van der Waals surface area contributed by atoms with E-state index >= 15 is 0 Å². The molecule has 0 aliphatic carbocycles. The summed E-state index contributed by atoms with van der Waals surface area (Å²) in [6.45, 7) is -1.000. The van der Waals surface area contributed by atoms with Crippen LogP contribution < -0.4 is 61.8 Å². The number of aromatic nitrogens is 4. The van der Waals surface area contributed by atoms with Gasteiger partial charge in [0, 0.05) is 34.8 Å². The maximum atomic E-state index is 13.8. The molecule has 3 heterocycles. The summed E-state index contributed by atoms with van der Waals surface area (Å²) in [6.07, 6.45) is -2.90. The zero-order valence-electron chi connectivity index (χ0n) is 19.5. The Morgan fingerprint density at radius 1 is 1.26 bits per heavy atom. The molecule has 38 heavy (non-hydrogen) atoms. The Morgan fingerprint density at radius 2 is 2.00 bits per heavy atom. The molecule has 0 fully saturated rings. The number of alkyl halides is 3. The molecule has 192 valence electrons. The summed E-state index contributed by atoms with van der Waals surface area (Å²) in [5.41, 5.74) is -1.92. The first-order valence-electron chi connectivity index (χ1n) is 10.3. The molecule has 0 aliphatic heterocycles. The Bertz CT molecular complexity index is 1650. The average Bonchev–Trinajstić information content (AvgIpc) is 3.16. The number of phosphoric ester groups is 1. The van der Waals surface area contributed by atoms with E-state index < -0.39 is 43.8 Å². The molecule has 16 heteroatoms. The number of hydrogen-bond donors (Lipinski definition) is 1. The molecule has 4 aromatic rings. The maximum Gasteiger partial charge on any atom is 1.00 e. The molecule has 4 rings (SSSR count). The van der Waals surface area contributed by atoms with E-state index in [2.05, 4.69) is 14.6 Å². The van der Waals surface area contributed by atoms with Crippen molar-refractivity contribution in [3.63, 3.8) is 0 Å². The molecule has 0 bridgehead atoms. The molecule has 0 saturated heterocycles. The Balaban J connectivity index is 0.00000400. The van der Waals surface area contributed by atoms with E-state index in [1.165, 1.54) is 24.4 Å². The molecule has 0 spiro atoms. The van der Waals surface area contributed by atoms with Gasteiger partial charge in [0.25, 0.3) is 13.4 Å². The molecule has 1 aromatic carbocycles. The largest absolute Gasteiger partial charge is 1.00 e. The van der Waals surface area contributed by atoms with Gasteiger partial charge in [-0.3, -0.25) is 13.9 Å². The summed E-state index contributed by atoms with van der Waals surface area (Å²) >= 11 is 5.98. The molecule has 1 unspecified atom stereocenters. The number of hydrogen-bond acceptors (Lipinski definition) is 7. The van der Waals surface area contributed by atoms with Crippen molar-refractivity contribution in [2.24, 2.45) is 0 Å². The van der Waals surface area contributed by atoms with E-state index in [1.54, 1.807) is 12.1 Å². The molecule has 3 aromatic heterocycles. The fraction of sp³-hybridized carbons (Fsp3) is 0.182. The molecule has 0 radical (unpaired) electrons. The number of phosphoric acid groups is 1. The minimum atomic E-state index is -5.08. The van der Waals surface area contributed by atoms with E-state index in [-0.39, 0.29) is 85.4 Å². The quantitative estimate of drug-likeness (QED) is 0.237. The van der Waals surface area contributed by atoms with Gasteiger partial charge in [0.2, 0.25) is 0 Å². The molecular weight excluding hydrogens is 577 g/mol. The van der Waals surface area contributed by atoms with Crippen LogP contribution in [0, 0.1) is 11.3 Å². The van der Waals surface area contributed by atoms with E-state index in [9.17, 15) is 27.4 Å². The van der Waals surface area contributed by atoms with Crippen LogP contribution in [0.2, 0.25) is 5.02 Å². The van der Waals surface area contributed by atoms with Gasteiger partial charge in [-0.1, -0.05) is 11.6 Å². The van der Waals surface area contributed by atoms with Crippen LogP contribution in [0.1, 0.15) is 27.9 Å². The third kappa shape index (κ3) is 7.19.